The topological polar surface area (TPSA) is 22.1 Å². The van der Waals surface area contributed by atoms with Crippen LogP contribution in [-0.4, -0.2) is 18.2 Å². The number of nitrogens with zero attached hydrogens (tertiary/aromatic N) is 1. The summed E-state index contributed by atoms with van der Waals surface area (Å²) >= 11 is 0. The van der Waals surface area contributed by atoms with Crippen molar-refractivity contribution in [2.75, 3.05) is 13.2 Å². The number of rotatable bonds is 2. The van der Waals surface area contributed by atoms with E-state index in [4.69, 9.17) is 4.74 Å². The largest absolute Gasteiger partial charge is 0.381 e. The quantitative estimate of drug-likeness (QED) is 0.765. The summed E-state index contributed by atoms with van der Waals surface area (Å²) < 4.78 is 5.15. The Hall–Kier alpha value is -0.890. The van der Waals surface area contributed by atoms with Gasteiger partial charge in [-0.1, -0.05) is 35.1 Å². The number of pyridine rings is 1. The van der Waals surface area contributed by atoms with Crippen LogP contribution in [0.1, 0.15) is 47.1 Å². The van der Waals surface area contributed by atoms with Crippen molar-refractivity contribution in [2.45, 2.75) is 48.0 Å². The van der Waals surface area contributed by atoms with Crippen molar-refractivity contribution >= 4 is 0 Å². The summed E-state index contributed by atoms with van der Waals surface area (Å²) in [6.45, 7) is 6.36. The first-order chi connectivity index (χ1) is 7.36. The lowest BCUT2D eigenvalue weighted by molar-refractivity contribution is 0.185. The van der Waals surface area contributed by atoms with Gasteiger partial charge < -0.3 is 4.74 Å². The van der Waals surface area contributed by atoms with Gasteiger partial charge in [-0.15, -0.1) is 0 Å². The highest BCUT2D eigenvalue weighted by Crippen LogP contribution is 2.14. The smallest absolute Gasteiger partial charge is 0.0495 e. The molecule has 2 nitrogen and oxygen atoms in total. The molecule has 1 saturated heterocycles. The first-order valence-corrected chi connectivity index (χ1v) is 5.83. The van der Waals surface area contributed by atoms with Gasteiger partial charge >= 0.3 is 0 Å². The van der Waals surface area contributed by atoms with Gasteiger partial charge in [0.1, 0.15) is 0 Å². The predicted molar refractivity (Wildman–Crippen MR) is 76.3 cm³/mol. The standard InChI is InChI=1S/C7H9N.C6H12O.2CH4/c1-2-7-3-5-8-6-4-7;1-2-6-3-4-7-5-6;;/h3-6H,2H2,1H3;6H,2-5H2,1H3;2*1H4. The summed E-state index contributed by atoms with van der Waals surface area (Å²) in [4.78, 5) is 3.89. The van der Waals surface area contributed by atoms with Gasteiger partial charge in [0, 0.05) is 25.6 Å². The highest BCUT2D eigenvalue weighted by Gasteiger charge is 2.11. The molecule has 1 aliphatic heterocycles. The van der Waals surface area contributed by atoms with E-state index in [0.29, 0.717) is 0 Å². The zero-order valence-electron chi connectivity index (χ0n) is 9.78. The maximum atomic E-state index is 5.15. The van der Waals surface area contributed by atoms with Crippen LogP contribution in [0.15, 0.2) is 24.5 Å². The lowest BCUT2D eigenvalue weighted by Crippen LogP contribution is -1.94. The van der Waals surface area contributed by atoms with Crippen molar-refractivity contribution in [1.82, 2.24) is 4.98 Å². The van der Waals surface area contributed by atoms with Crippen LogP contribution in [0.4, 0.5) is 0 Å². The first kappa shape index (κ1) is 18.5. The van der Waals surface area contributed by atoms with E-state index < -0.39 is 0 Å². The van der Waals surface area contributed by atoms with E-state index in [0.717, 1.165) is 25.6 Å². The molecule has 1 aromatic rings. The van der Waals surface area contributed by atoms with E-state index in [9.17, 15) is 0 Å². The molecule has 1 atom stereocenters. The van der Waals surface area contributed by atoms with Gasteiger partial charge in [-0.05, 0) is 36.5 Å². The van der Waals surface area contributed by atoms with Crippen molar-refractivity contribution < 1.29 is 4.74 Å². The van der Waals surface area contributed by atoms with Crippen molar-refractivity contribution in [3.05, 3.63) is 30.1 Å². The summed E-state index contributed by atoms with van der Waals surface area (Å²) in [7, 11) is 0. The molecule has 1 unspecified atom stereocenters. The van der Waals surface area contributed by atoms with Crippen molar-refractivity contribution in [1.29, 1.82) is 0 Å². The van der Waals surface area contributed by atoms with Crippen molar-refractivity contribution in [2.24, 2.45) is 5.92 Å². The van der Waals surface area contributed by atoms with Crippen LogP contribution in [0, 0.1) is 5.92 Å². The normalized spacial score (nSPS) is 17.2. The second-order valence-corrected chi connectivity index (χ2v) is 3.85. The van der Waals surface area contributed by atoms with E-state index in [1.165, 1.54) is 18.4 Å². The molecule has 1 aromatic heterocycles. The maximum absolute atomic E-state index is 5.15. The minimum atomic E-state index is 0. The van der Waals surface area contributed by atoms with Gasteiger partial charge in [0.2, 0.25) is 0 Å². The van der Waals surface area contributed by atoms with E-state index in [2.05, 4.69) is 18.8 Å². The van der Waals surface area contributed by atoms with Crippen LogP contribution in [0.5, 0.6) is 0 Å². The number of aryl methyl sites for hydroxylation is 1. The molecule has 0 saturated carbocycles. The van der Waals surface area contributed by atoms with Gasteiger partial charge in [0.25, 0.3) is 0 Å². The first-order valence-electron chi connectivity index (χ1n) is 5.83. The summed E-state index contributed by atoms with van der Waals surface area (Å²) in [5.74, 6) is 0.875. The van der Waals surface area contributed by atoms with Gasteiger partial charge in [0.05, 0.1) is 0 Å². The van der Waals surface area contributed by atoms with Crippen LogP contribution < -0.4 is 0 Å². The fourth-order valence-electron chi connectivity index (χ4n) is 1.52. The fraction of sp³-hybridized carbons (Fsp3) is 0.667. The number of ether oxygens (including phenoxy) is 1. The molecule has 0 radical (unpaired) electrons. The van der Waals surface area contributed by atoms with Gasteiger partial charge in [-0.3, -0.25) is 4.98 Å². The van der Waals surface area contributed by atoms with E-state index in [1.807, 2.05) is 24.5 Å². The van der Waals surface area contributed by atoms with Gasteiger partial charge in [-0.2, -0.15) is 0 Å². The third-order valence-corrected chi connectivity index (χ3v) is 2.76. The van der Waals surface area contributed by atoms with Crippen LogP contribution in [0.2, 0.25) is 0 Å². The molecule has 0 spiro atoms. The highest BCUT2D eigenvalue weighted by atomic mass is 16.5. The third-order valence-electron chi connectivity index (χ3n) is 2.76. The molecule has 2 heterocycles. The summed E-state index contributed by atoms with van der Waals surface area (Å²) in [5, 5.41) is 0. The Balaban J connectivity index is 0. The minimum absolute atomic E-state index is 0. The molecule has 2 heteroatoms. The molecule has 17 heavy (non-hydrogen) atoms. The van der Waals surface area contributed by atoms with E-state index in [1.54, 1.807) is 0 Å². The average molecular weight is 239 g/mol. The van der Waals surface area contributed by atoms with Gasteiger partial charge in [0.15, 0.2) is 0 Å². The minimum Gasteiger partial charge on any atom is -0.381 e. The molecule has 0 aromatic carbocycles. The van der Waals surface area contributed by atoms with Crippen molar-refractivity contribution in [3.8, 4) is 0 Å². The second-order valence-electron chi connectivity index (χ2n) is 3.85. The lowest BCUT2D eigenvalue weighted by atomic mass is 10.1. The molecule has 0 amide bonds. The van der Waals surface area contributed by atoms with Crippen LogP contribution in [-0.2, 0) is 11.2 Å². The zero-order valence-corrected chi connectivity index (χ0v) is 9.78. The Morgan fingerprint density at radius 3 is 2.18 bits per heavy atom. The average Bonchev–Trinajstić information content (AvgIpc) is 2.84. The molecule has 0 aliphatic carbocycles. The summed E-state index contributed by atoms with van der Waals surface area (Å²) in [6.07, 6.45) is 7.32. The molecule has 0 N–H and O–H groups in total. The van der Waals surface area contributed by atoms with Crippen LogP contribution >= 0.6 is 0 Å². The van der Waals surface area contributed by atoms with E-state index in [-0.39, 0.29) is 14.9 Å². The Kier molecular flexibility index (Phi) is 12.6. The Bertz CT molecular complexity index is 242. The molecular weight excluding hydrogens is 210 g/mol. The molecule has 2 rings (SSSR count). The molecular formula is C15H29NO. The summed E-state index contributed by atoms with van der Waals surface area (Å²) in [6, 6.07) is 4.06. The monoisotopic (exact) mass is 239 g/mol. The maximum Gasteiger partial charge on any atom is 0.0495 e. The lowest BCUT2D eigenvalue weighted by Gasteiger charge is -1.97. The molecule has 1 aliphatic rings. The second kappa shape index (κ2) is 11.6. The molecule has 0 bridgehead atoms. The zero-order chi connectivity index (χ0) is 10.9. The predicted octanol–water partition coefficient (Wildman–Crippen LogP) is 4.35. The Morgan fingerprint density at radius 1 is 1.24 bits per heavy atom. The molecule has 100 valence electrons. The number of hydrogen-bond acceptors (Lipinski definition) is 2. The van der Waals surface area contributed by atoms with Crippen molar-refractivity contribution in [3.63, 3.8) is 0 Å². The van der Waals surface area contributed by atoms with E-state index >= 15 is 0 Å². The molecule has 1 fully saturated rings. The van der Waals surface area contributed by atoms with Crippen LogP contribution in [0.25, 0.3) is 0 Å². The van der Waals surface area contributed by atoms with Gasteiger partial charge in [-0.25, -0.2) is 0 Å². The number of aromatic nitrogens is 1. The third kappa shape index (κ3) is 7.92. The van der Waals surface area contributed by atoms with Crippen LogP contribution in [0.3, 0.4) is 0 Å². The summed E-state index contributed by atoms with van der Waals surface area (Å²) in [5.41, 5.74) is 1.35. The number of hydrogen-bond donors (Lipinski definition) is 0. The Labute approximate surface area is 107 Å². The fourth-order valence-corrected chi connectivity index (χ4v) is 1.52. The Morgan fingerprint density at radius 2 is 1.88 bits per heavy atom. The SMILES string of the molecule is C.C.CCC1CCOC1.CCc1ccncc1. The highest BCUT2D eigenvalue weighted by molar-refractivity contribution is 5.08.